The van der Waals surface area contributed by atoms with Crippen LogP contribution in [0.1, 0.15) is 5.56 Å². The summed E-state index contributed by atoms with van der Waals surface area (Å²) in [6.45, 7) is 5.19. The summed E-state index contributed by atoms with van der Waals surface area (Å²) in [7, 11) is 1.67. The summed E-state index contributed by atoms with van der Waals surface area (Å²) in [5, 5.41) is 0. The molecule has 1 fully saturated rings. The molecule has 1 aromatic heterocycles. The topological polar surface area (TPSA) is 42.7 Å². The summed E-state index contributed by atoms with van der Waals surface area (Å²) >= 11 is 0. The van der Waals surface area contributed by atoms with Crippen LogP contribution in [0.25, 0.3) is 11.0 Å². The van der Waals surface area contributed by atoms with Crippen molar-refractivity contribution in [2.45, 2.75) is 6.54 Å². The summed E-state index contributed by atoms with van der Waals surface area (Å²) in [5.74, 6) is 1.48. The van der Waals surface area contributed by atoms with Crippen LogP contribution in [-0.4, -0.2) is 43.3 Å². The fourth-order valence-corrected chi connectivity index (χ4v) is 3.41. The average molecular weight is 335 g/mol. The van der Waals surface area contributed by atoms with E-state index in [0.717, 1.165) is 49.6 Å². The highest BCUT2D eigenvalue weighted by atomic mass is 16.5. The number of hydrogen-bond acceptors (Lipinski definition) is 4. The number of anilines is 1. The van der Waals surface area contributed by atoms with E-state index in [9.17, 15) is 0 Å². The predicted molar refractivity (Wildman–Crippen MR) is 99.1 cm³/mol. The van der Waals surface area contributed by atoms with Crippen molar-refractivity contribution in [2.75, 3.05) is 38.2 Å². The zero-order valence-corrected chi connectivity index (χ0v) is 14.5. The summed E-state index contributed by atoms with van der Waals surface area (Å²) in [4.78, 5) is 13.3. The SMILES string of the molecule is COc1nc2ccccc2nc1N1CC[NH+](Cc2ccccc2)CC1. The van der Waals surface area contributed by atoms with Crippen molar-refractivity contribution < 1.29 is 9.64 Å². The number of nitrogens with one attached hydrogen (secondary N) is 1. The highest BCUT2D eigenvalue weighted by Gasteiger charge is 2.24. The number of benzene rings is 2. The monoisotopic (exact) mass is 335 g/mol. The molecular formula is C20H23N4O+. The number of fused-ring (bicyclic) bond motifs is 1. The van der Waals surface area contributed by atoms with E-state index >= 15 is 0 Å². The second kappa shape index (κ2) is 7.07. The molecular weight excluding hydrogens is 312 g/mol. The van der Waals surface area contributed by atoms with Crippen LogP contribution in [0.4, 0.5) is 5.82 Å². The van der Waals surface area contributed by atoms with E-state index in [1.807, 2.05) is 24.3 Å². The fourth-order valence-electron chi connectivity index (χ4n) is 3.41. The van der Waals surface area contributed by atoms with Crippen LogP contribution >= 0.6 is 0 Å². The van der Waals surface area contributed by atoms with Crippen LogP contribution in [0.5, 0.6) is 5.88 Å². The van der Waals surface area contributed by atoms with Gasteiger partial charge in [0.15, 0.2) is 5.82 Å². The lowest BCUT2D eigenvalue weighted by Crippen LogP contribution is -3.13. The van der Waals surface area contributed by atoms with Crippen molar-refractivity contribution in [3.8, 4) is 5.88 Å². The third kappa shape index (κ3) is 3.42. The largest absolute Gasteiger partial charge is 0.478 e. The second-order valence-corrected chi connectivity index (χ2v) is 6.44. The lowest BCUT2D eigenvalue weighted by Gasteiger charge is -2.33. The van der Waals surface area contributed by atoms with Gasteiger partial charge in [0.05, 0.1) is 44.3 Å². The summed E-state index contributed by atoms with van der Waals surface area (Å²) in [5.41, 5.74) is 3.18. The van der Waals surface area contributed by atoms with Gasteiger partial charge in [0.2, 0.25) is 0 Å². The molecule has 1 aliphatic heterocycles. The standard InChI is InChI=1S/C20H22N4O/c1-25-20-19(21-17-9-5-6-10-18(17)22-20)24-13-11-23(12-14-24)15-16-7-3-2-4-8-16/h2-10H,11-15H2,1H3/p+1. The minimum absolute atomic E-state index is 0.616. The first kappa shape index (κ1) is 15.8. The van der Waals surface area contributed by atoms with E-state index in [-0.39, 0.29) is 0 Å². The molecule has 128 valence electrons. The van der Waals surface area contributed by atoms with Gasteiger partial charge < -0.3 is 14.5 Å². The molecule has 0 spiro atoms. The maximum absolute atomic E-state index is 5.51. The first-order valence-electron chi connectivity index (χ1n) is 8.77. The average Bonchev–Trinajstić information content (AvgIpc) is 2.68. The molecule has 0 radical (unpaired) electrons. The number of piperazine rings is 1. The molecule has 0 saturated carbocycles. The van der Waals surface area contributed by atoms with E-state index in [2.05, 4.69) is 40.2 Å². The van der Waals surface area contributed by atoms with Crippen molar-refractivity contribution in [1.29, 1.82) is 0 Å². The van der Waals surface area contributed by atoms with Gasteiger partial charge in [0, 0.05) is 5.56 Å². The number of quaternary nitrogens is 1. The molecule has 25 heavy (non-hydrogen) atoms. The quantitative estimate of drug-likeness (QED) is 0.785. The minimum atomic E-state index is 0.616. The number of rotatable bonds is 4. The normalized spacial score (nSPS) is 15.5. The molecule has 2 heterocycles. The van der Waals surface area contributed by atoms with Crippen LogP contribution in [0.15, 0.2) is 54.6 Å². The molecule has 0 aliphatic carbocycles. The summed E-state index contributed by atoms with van der Waals surface area (Å²) < 4.78 is 5.51. The third-order valence-corrected chi connectivity index (χ3v) is 4.78. The van der Waals surface area contributed by atoms with Crippen LogP contribution in [0.3, 0.4) is 0 Å². The second-order valence-electron chi connectivity index (χ2n) is 6.44. The van der Waals surface area contributed by atoms with Crippen LogP contribution in [0.2, 0.25) is 0 Å². The van der Waals surface area contributed by atoms with E-state index in [0.29, 0.717) is 5.88 Å². The fraction of sp³-hybridized carbons (Fsp3) is 0.300. The van der Waals surface area contributed by atoms with Gasteiger partial charge in [0.25, 0.3) is 5.88 Å². The zero-order valence-electron chi connectivity index (χ0n) is 14.5. The first-order valence-corrected chi connectivity index (χ1v) is 8.77. The van der Waals surface area contributed by atoms with Gasteiger partial charge in [-0.2, -0.15) is 0 Å². The van der Waals surface area contributed by atoms with Gasteiger partial charge in [-0.25, -0.2) is 9.97 Å². The zero-order chi connectivity index (χ0) is 17.1. The molecule has 0 unspecified atom stereocenters. The molecule has 3 aromatic rings. The molecule has 0 amide bonds. The Bertz CT molecular complexity index is 845. The Morgan fingerprint density at radius 1 is 0.920 bits per heavy atom. The van der Waals surface area contributed by atoms with Gasteiger partial charge in [-0.15, -0.1) is 0 Å². The van der Waals surface area contributed by atoms with Crippen LogP contribution in [0, 0.1) is 0 Å². The van der Waals surface area contributed by atoms with Gasteiger partial charge in [-0.1, -0.05) is 42.5 Å². The van der Waals surface area contributed by atoms with Crippen molar-refractivity contribution in [3.63, 3.8) is 0 Å². The molecule has 1 saturated heterocycles. The van der Waals surface area contributed by atoms with Crippen LogP contribution < -0.4 is 14.5 Å². The Hall–Kier alpha value is -2.66. The van der Waals surface area contributed by atoms with E-state index in [4.69, 9.17) is 9.72 Å². The Labute approximate surface area is 147 Å². The lowest BCUT2D eigenvalue weighted by molar-refractivity contribution is -0.914. The molecule has 1 N–H and O–H groups in total. The molecule has 5 heteroatoms. The van der Waals surface area contributed by atoms with Gasteiger partial charge in [-0.05, 0) is 12.1 Å². The number of aromatic nitrogens is 2. The van der Waals surface area contributed by atoms with E-state index in [1.54, 1.807) is 12.0 Å². The Kier molecular flexibility index (Phi) is 4.48. The van der Waals surface area contributed by atoms with E-state index in [1.165, 1.54) is 5.56 Å². The number of ether oxygens (including phenoxy) is 1. The lowest BCUT2D eigenvalue weighted by atomic mass is 10.2. The Morgan fingerprint density at radius 2 is 1.56 bits per heavy atom. The summed E-state index contributed by atoms with van der Waals surface area (Å²) in [6.07, 6.45) is 0. The van der Waals surface area contributed by atoms with Crippen LogP contribution in [-0.2, 0) is 6.54 Å². The van der Waals surface area contributed by atoms with E-state index < -0.39 is 0 Å². The maximum Gasteiger partial charge on any atom is 0.257 e. The molecule has 2 aromatic carbocycles. The number of nitrogens with zero attached hydrogens (tertiary/aromatic N) is 3. The Balaban J connectivity index is 1.49. The minimum Gasteiger partial charge on any atom is -0.478 e. The molecule has 0 bridgehead atoms. The summed E-state index contributed by atoms with van der Waals surface area (Å²) in [6, 6.07) is 18.6. The molecule has 4 rings (SSSR count). The maximum atomic E-state index is 5.51. The van der Waals surface area contributed by atoms with Gasteiger partial charge in [0.1, 0.15) is 6.54 Å². The van der Waals surface area contributed by atoms with Crippen molar-refractivity contribution in [3.05, 3.63) is 60.2 Å². The highest BCUT2D eigenvalue weighted by molar-refractivity contribution is 5.77. The molecule has 1 aliphatic rings. The molecule has 5 nitrogen and oxygen atoms in total. The van der Waals surface area contributed by atoms with Gasteiger partial charge >= 0.3 is 0 Å². The number of hydrogen-bond donors (Lipinski definition) is 1. The molecule has 0 atom stereocenters. The van der Waals surface area contributed by atoms with Crippen molar-refractivity contribution >= 4 is 16.9 Å². The van der Waals surface area contributed by atoms with Crippen molar-refractivity contribution in [1.82, 2.24) is 9.97 Å². The predicted octanol–water partition coefficient (Wildman–Crippen LogP) is 1.54. The van der Waals surface area contributed by atoms with Gasteiger partial charge in [-0.3, -0.25) is 0 Å². The third-order valence-electron chi connectivity index (χ3n) is 4.78. The smallest absolute Gasteiger partial charge is 0.257 e. The first-order chi connectivity index (χ1) is 12.3. The van der Waals surface area contributed by atoms with Crippen molar-refractivity contribution in [2.24, 2.45) is 0 Å². The Morgan fingerprint density at radius 3 is 2.24 bits per heavy atom. The number of methoxy groups -OCH3 is 1. The number of para-hydroxylation sites is 2. The highest BCUT2D eigenvalue weighted by Crippen LogP contribution is 2.26.